The van der Waals surface area contributed by atoms with Gasteiger partial charge in [0, 0.05) is 0 Å². The van der Waals surface area contributed by atoms with Crippen molar-refractivity contribution >= 4 is 0 Å². The van der Waals surface area contributed by atoms with Gasteiger partial charge in [-0.3, -0.25) is 0 Å². The first-order valence-corrected chi connectivity index (χ1v) is 7.78. The number of methoxy groups -OCH3 is 1. The highest BCUT2D eigenvalue weighted by Crippen LogP contribution is 2.61. The van der Waals surface area contributed by atoms with Gasteiger partial charge >= 0.3 is 0 Å². The average molecular weight is 269 g/mol. The van der Waals surface area contributed by atoms with Gasteiger partial charge in [-0.05, 0) is 48.8 Å². The van der Waals surface area contributed by atoms with E-state index < -0.39 is 0 Å². The zero-order chi connectivity index (χ0) is 14.1. The number of ether oxygens (including phenoxy) is 1. The molecule has 20 heavy (non-hydrogen) atoms. The van der Waals surface area contributed by atoms with Crippen molar-refractivity contribution in [1.29, 1.82) is 5.26 Å². The van der Waals surface area contributed by atoms with Crippen LogP contribution in [0.3, 0.4) is 0 Å². The maximum atomic E-state index is 9.72. The van der Waals surface area contributed by atoms with Gasteiger partial charge in [-0.25, -0.2) is 0 Å². The molecule has 0 aliphatic heterocycles. The molecular weight excluding hydrogens is 246 g/mol. The third-order valence-corrected chi connectivity index (χ3v) is 5.37. The third kappa shape index (κ3) is 2.20. The SMILES string of the molecule is COc1ccc(C2(C#N)CC3(CCCCCC3)C2)cc1. The molecule has 0 amide bonds. The summed E-state index contributed by atoms with van der Waals surface area (Å²) in [6.07, 6.45) is 10.2. The van der Waals surface area contributed by atoms with Gasteiger partial charge in [0.2, 0.25) is 0 Å². The van der Waals surface area contributed by atoms with Crippen LogP contribution in [0.1, 0.15) is 56.9 Å². The standard InChI is InChI=1S/C18H23NO/c1-20-16-8-6-15(7-9-16)18(14-19)12-17(13-18)10-4-2-3-5-11-17/h6-9H,2-5,10-13H2,1H3. The molecule has 0 N–H and O–H groups in total. The summed E-state index contributed by atoms with van der Waals surface area (Å²) in [5.74, 6) is 0.866. The molecule has 0 radical (unpaired) electrons. The lowest BCUT2D eigenvalue weighted by atomic mass is 9.49. The molecule has 2 aliphatic carbocycles. The fraction of sp³-hybridized carbons (Fsp3) is 0.611. The Morgan fingerprint density at radius 2 is 1.60 bits per heavy atom. The molecule has 1 aromatic carbocycles. The van der Waals surface area contributed by atoms with Crippen LogP contribution in [-0.4, -0.2) is 7.11 Å². The lowest BCUT2D eigenvalue weighted by Gasteiger charge is -2.53. The number of nitrogens with zero attached hydrogens (tertiary/aromatic N) is 1. The highest BCUT2D eigenvalue weighted by atomic mass is 16.5. The van der Waals surface area contributed by atoms with E-state index in [1.54, 1.807) is 7.11 Å². The van der Waals surface area contributed by atoms with Gasteiger partial charge in [-0.15, -0.1) is 0 Å². The summed E-state index contributed by atoms with van der Waals surface area (Å²) in [7, 11) is 1.68. The predicted molar refractivity (Wildman–Crippen MR) is 79.7 cm³/mol. The molecule has 3 rings (SSSR count). The number of hydrogen-bond donors (Lipinski definition) is 0. The number of hydrogen-bond acceptors (Lipinski definition) is 2. The maximum Gasteiger partial charge on any atom is 0.118 e. The zero-order valence-corrected chi connectivity index (χ0v) is 12.3. The Morgan fingerprint density at radius 1 is 1.00 bits per heavy atom. The first-order chi connectivity index (χ1) is 9.72. The van der Waals surface area contributed by atoms with E-state index in [1.165, 1.54) is 44.1 Å². The highest BCUT2D eigenvalue weighted by molar-refractivity contribution is 5.40. The highest BCUT2D eigenvalue weighted by Gasteiger charge is 2.55. The number of benzene rings is 1. The van der Waals surface area contributed by atoms with Crippen molar-refractivity contribution in [2.24, 2.45) is 5.41 Å². The second-order valence-electron chi connectivity index (χ2n) is 6.69. The molecule has 0 heterocycles. The topological polar surface area (TPSA) is 33.0 Å². The van der Waals surface area contributed by atoms with Crippen molar-refractivity contribution < 1.29 is 4.74 Å². The molecule has 0 aromatic heterocycles. The largest absolute Gasteiger partial charge is 0.497 e. The van der Waals surface area contributed by atoms with Gasteiger partial charge in [0.1, 0.15) is 5.75 Å². The van der Waals surface area contributed by atoms with Crippen LogP contribution in [0.5, 0.6) is 5.75 Å². The van der Waals surface area contributed by atoms with E-state index in [4.69, 9.17) is 4.74 Å². The molecule has 0 unspecified atom stereocenters. The predicted octanol–water partition coefficient (Wildman–Crippen LogP) is 4.59. The van der Waals surface area contributed by atoms with E-state index in [2.05, 4.69) is 18.2 Å². The Morgan fingerprint density at radius 3 is 2.10 bits per heavy atom. The number of nitriles is 1. The van der Waals surface area contributed by atoms with Crippen LogP contribution in [0.25, 0.3) is 0 Å². The van der Waals surface area contributed by atoms with Gasteiger partial charge in [0.05, 0.1) is 18.6 Å². The van der Waals surface area contributed by atoms with Crippen LogP contribution in [0, 0.1) is 16.7 Å². The van der Waals surface area contributed by atoms with Gasteiger partial charge < -0.3 is 4.74 Å². The first-order valence-electron chi connectivity index (χ1n) is 7.78. The fourth-order valence-electron chi connectivity index (χ4n) is 4.32. The summed E-state index contributed by atoms with van der Waals surface area (Å²) in [4.78, 5) is 0. The molecule has 2 saturated carbocycles. The molecule has 2 nitrogen and oxygen atoms in total. The first kappa shape index (κ1) is 13.5. The van der Waals surface area contributed by atoms with Crippen LogP contribution in [0.4, 0.5) is 0 Å². The lowest BCUT2D eigenvalue weighted by Crippen LogP contribution is -2.48. The van der Waals surface area contributed by atoms with Gasteiger partial charge in [-0.2, -0.15) is 5.26 Å². The summed E-state index contributed by atoms with van der Waals surface area (Å²) >= 11 is 0. The minimum Gasteiger partial charge on any atom is -0.497 e. The minimum atomic E-state index is -0.239. The average Bonchev–Trinajstić information content (AvgIpc) is 2.71. The molecule has 2 fully saturated rings. The minimum absolute atomic E-state index is 0.239. The van der Waals surface area contributed by atoms with E-state index in [1.807, 2.05) is 12.1 Å². The Bertz CT molecular complexity index is 495. The Kier molecular flexibility index (Phi) is 3.46. The molecule has 0 saturated heterocycles. The summed E-state index contributed by atoms with van der Waals surface area (Å²) in [6.45, 7) is 0. The van der Waals surface area contributed by atoms with Crippen molar-refractivity contribution in [2.75, 3.05) is 7.11 Å². The quantitative estimate of drug-likeness (QED) is 0.786. The van der Waals surface area contributed by atoms with Crippen LogP contribution in [-0.2, 0) is 5.41 Å². The Labute approximate surface area is 121 Å². The zero-order valence-electron chi connectivity index (χ0n) is 12.3. The molecule has 0 bridgehead atoms. The van der Waals surface area contributed by atoms with Crippen LogP contribution >= 0.6 is 0 Å². The fourth-order valence-corrected chi connectivity index (χ4v) is 4.32. The molecular formula is C18H23NO. The monoisotopic (exact) mass is 269 g/mol. The summed E-state index contributed by atoms with van der Waals surface area (Å²) in [5.41, 5.74) is 1.40. The van der Waals surface area contributed by atoms with Gasteiger partial charge in [-0.1, -0.05) is 37.8 Å². The summed E-state index contributed by atoms with van der Waals surface area (Å²) < 4.78 is 5.21. The summed E-state index contributed by atoms with van der Waals surface area (Å²) in [6, 6.07) is 10.7. The molecule has 106 valence electrons. The van der Waals surface area contributed by atoms with Gasteiger partial charge in [0.25, 0.3) is 0 Å². The lowest BCUT2D eigenvalue weighted by molar-refractivity contribution is 0.0398. The van der Waals surface area contributed by atoms with Crippen LogP contribution < -0.4 is 4.74 Å². The second kappa shape index (κ2) is 5.13. The molecule has 2 heteroatoms. The Balaban J connectivity index is 1.79. The molecule has 1 spiro atoms. The third-order valence-electron chi connectivity index (χ3n) is 5.37. The molecule has 1 aromatic rings. The normalized spacial score (nSPS) is 23.4. The van der Waals surface area contributed by atoms with Crippen molar-refractivity contribution in [3.8, 4) is 11.8 Å². The molecule has 2 aliphatic rings. The van der Waals surface area contributed by atoms with E-state index in [9.17, 15) is 5.26 Å². The van der Waals surface area contributed by atoms with Crippen LogP contribution in [0.15, 0.2) is 24.3 Å². The van der Waals surface area contributed by atoms with Crippen molar-refractivity contribution in [2.45, 2.75) is 56.8 Å². The van der Waals surface area contributed by atoms with Crippen molar-refractivity contribution in [3.63, 3.8) is 0 Å². The number of rotatable bonds is 2. The van der Waals surface area contributed by atoms with E-state index in [0.29, 0.717) is 5.41 Å². The van der Waals surface area contributed by atoms with Crippen molar-refractivity contribution in [1.82, 2.24) is 0 Å². The molecule has 0 atom stereocenters. The van der Waals surface area contributed by atoms with Crippen LogP contribution in [0.2, 0.25) is 0 Å². The van der Waals surface area contributed by atoms with E-state index in [-0.39, 0.29) is 5.41 Å². The smallest absolute Gasteiger partial charge is 0.118 e. The second-order valence-corrected chi connectivity index (χ2v) is 6.69. The van der Waals surface area contributed by atoms with E-state index in [0.717, 1.165) is 18.6 Å². The van der Waals surface area contributed by atoms with E-state index >= 15 is 0 Å². The maximum absolute atomic E-state index is 9.72. The summed E-state index contributed by atoms with van der Waals surface area (Å²) in [5, 5.41) is 9.72. The Hall–Kier alpha value is -1.49. The van der Waals surface area contributed by atoms with Crippen molar-refractivity contribution in [3.05, 3.63) is 29.8 Å². The van der Waals surface area contributed by atoms with Gasteiger partial charge in [0.15, 0.2) is 0 Å².